The van der Waals surface area contributed by atoms with Crippen LogP contribution < -0.4 is 15.0 Å². The minimum Gasteiger partial charge on any atom is -0.497 e. The Bertz CT molecular complexity index is 1230. The number of carbonyl (C=O) groups excluding carboxylic acids is 2. The summed E-state index contributed by atoms with van der Waals surface area (Å²) in [5.41, 5.74) is 2.91. The Balaban J connectivity index is 1.54. The Morgan fingerprint density at radius 3 is 2.72 bits per heavy atom. The van der Waals surface area contributed by atoms with Crippen LogP contribution in [0.1, 0.15) is 21.5 Å². The number of nitrogens with one attached hydrogen (secondary N) is 1. The van der Waals surface area contributed by atoms with E-state index in [-0.39, 0.29) is 11.8 Å². The van der Waals surface area contributed by atoms with Crippen molar-refractivity contribution in [3.8, 4) is 5.75 Å². The molecule has 1 heterocycles. The maximum atomic E-state index is 13.0. The molecule has 32 heavy (non-hydrogen) atoms. The van der Waals surface area contributed by atoms with Gasteiger partial charge in [-0.1, -0.05) is 53.7 Å². The van der Waals surface area contributed by atoms with Gasteiger partial charge < -0.3 is 15.0 Å². The number of halogens is 1. The fourth-order valence-electron chi connectivity index (χ4n) is 3.34. The number of thioether (sulfide) groups is 1. The molecule has 0 bridgehead atoms. The van der Waals surface area contributed by atoms with Gasteiger partial charge in [0.25, 0.3) is 11.8 Å². The Hall–Kier alpha value is -3.22. The van der Waals surface area contributed by atoms with E-state index in [0.717, 1.165) is 21.8 Å². The highest BCUT2D eigenvalue weighted by Gasteiger charge is 2.27. The summed E-state index contributed by atoms with van der Waals surface area (Å²) in [6.07, 6.45) is 1.85. The Morgan fingerprint density at radius 2 is 1.94 bits per heavy atom. The van der Waals surface area contributed by atoms with Crippen molar-refractivity contribution in [2.75, 3.05) is 19.1 Å². The van der Waals surface area contributed by atoms with Gasteiger partial charge in [0.1, 0.15) is 5.75 Å². The number of carbonyl (C=O) groups is 2. The summed E-state index contributed by atoms with van der Waals surface area (Å²) in [6.45, 7) is 0.326. The van der Waals surface area contributed by atoms with E-state index in [9.17, 15) is 9.59 Å². The van der Waals surface area contributed by atoms with Crippen molar-refractivity contribution in [1.29, 1.82) is 0 Å². The summed E-state index contributed by atoms with van der Waals surface area (Å²) < 4.78 is 5.26. The average molecular weight is 465 g/mol. The Kier molecular flexibility index (Phi) is 6.53. The molecule has 0 saturated carbocycles. The molecule has 1 aliphatic rings. The Labute approximate surface area is 196 Å². The van der Waals surface area contributed by atoms with Gasteiger partial charge in [-0.15, -0.1) is 0 Å². The first-order chi connectivity index (χ1) is 15.5. The lowest BCUT2D eigenvalue weighted by molar-refractivity contribution is -0.114. The third kappa shape index (κ3) is 4.66. The van der Waals surface area contributed by atoms with Crippen LogP contribution in [0.2, 0.25) is 5.02 Å². The number of methoxy groups -OCH3 is 1. The van der Waals surface area contributed by atoms with Gasteiger partial charge in [-0.25, -0.2) is 0 Å². The van der Waals surface area contributed by atoms with Gasteiger partial charge in [0.2, 0.25) is 0 Å². The lowest BCUT2D eigenvalue weighted by atomic mass is 10.1. The third-order valence-electron chi connectivity index (χ3n) is 5.11. The van der Waals surface area contributed by atoms with Gasteiger partial charge in [-0.3, -0.25) is 9.59 Å². The van der Waals surface area contributed by atoms with Gasteiger partial charge >= 0.3 is 0 Å². The molecule has 2 amide bonds. The van der Waals surface area contributed by atoms with Gasteiger partial charge in [-0.05, 0) is 53.6 Å². The topological polar surface area (TPSA) is 58.6 Å². The summed E-state index contributed by atoms with van der Waals surface area (Å²) in [6, 6.07) is 20.3. The molecule has 0 radical (unpaired) electrons. The van der Waals surface area contributed by atoms with Crippen LogP contribution in [0.3, 0.4) is 0 Å². The van der Waals surface area contributed by atoms with Crippen molar-refractivity contribution in [3.05, 3.63) is 93.3 Å². The molecule has 162 valence electrons. The SMILES string of the molecule is COc1cccc(C=C2Sc3ccc(C(=O)NCc4ccccc4Cl)cc3N(C)C2=O)c1. The van der Waals surface area contributed by atoms with Crippen LogP contribution in [0, 0.1) is 0 Å². The molecule has 0 aliphatic carbocycles. The molecule has 7 heteroatoms. The quantitative estimate of drug-likeness (QED) is 0.514. The largest absolute Gasteiger partial charge is 0.497 e. The fraction of sp³-hybridized carbons (Fsp3) is 0.120. The number of benzene rings is 3. The number of ether oxygens (including phenoxy) is 1. The van der Waals surface area contributed by atoms with Crippen LogP contribution in [-0.4, -0.2) is 26.0 Å². The van der Waals surface area contributed by atoms with Crippen molar-refractivity contribution in [2.24, 2.45) is 0 Å². The maximum absolute atomic E-state index is 13.0. The van der Waals surface area contributed by atoms with E-state index < -0.39 is 0 Å². The lowest BCUT2D eigenvalue weighted by Gasteiger charge is -2.27. The normalized spacial score (nSPS) is 14.3. The molecule has 3 aromatic rings. The second-order valence-electron chi connectivity index (χ2n) is 7.21. The first-order valence-electron chi connectivity index (χ1n) is 9.93. The predicted molar refractivity (Wildman–Crippen MR) is 129 cm³/mol. The zero-order valence-electron chi connectivity index (χ0n) is 17.6. The van der Waals surface area contributed by atoms with Crippen molar-refractivity contribution in [1.82, 2.24) is 5.32 Å². The van der Waals surface area contributed by atoms with Crippen LogP contribution in [0.25, 0.3) is 6.08 Å². The highest BCUT2D eigenvalue weighted by molar-refractivity contribution is 8.04. The second kappa shape index (κ2) is 9.51. The average Bonchev–Trinajstić information content (AvgIpc) is 2.81. The predicted octanol–water partition coefficient (Wildman–Crippen LogP) is 5.39. The zero-order chi connectivity index (χ0) is 22.7. The van der Waals surface area contributed by atoms with Crippen molar-refractivity contribution in [3.63, 3.8) is 0 Å². The highest BCUT2D eigenvalue weighted by atomic mass is 35.5. The second-order valence-corrected chi connectivity index (χ2v) is 8.70. The molecule has 1 N–H and O–H groups in total. The maximum Gasteiger partial charge on any atom is 0.264 e. The van der Waals surface area contributed by atoms with E-state index in [1.165, 1.54) is 11.8 Å². The molecule has 0 unspecified atom stereocenters. The summed E-state index contributed by atoms with van der Waals surface area (Å²) in [7, 11) is 3.32. The summed E-state index contributed by atoms with van der Waals surface area (Å²) in [4.78, 5) is 28.7. The smallest absolute Gasteiger partial charge is 0.264 e. The molecule has 3 aromatic carbocycles. The van der Waals surface area contributed by atoms with Crippen molar-refractivity contribution >= 4 is 46.9 Å². The van der Waals surface area contributed by atoms with E-state index in [4.69, 9.17) is 16.3 Å². The lowest BCUT2D eigenvalue weighted by Crippen LogP contribution is -2.31. The summed E-state index contributed by atoms with van der Waals surface area (Å²) >= 11 is 7.55. The number of hydrogen-bond donors (Lipinski definition) is 1. The number of nitrogens with zero attached hydrogens (tertiary/aromatic N) is 1. The minimum absolute atomic E-state index is 0.126. The van der Waals surface area contributed by atoms with E-state index in [2.05, 4.69) is 5.32 Å². The fourth-order valence-corrected chi connectivity index (χ4v) is 4.63. The molecule has 1 aliphatic heterocycles. The molecule has 0 spiro atoms. The first-order valence-corrected chi connectivity index (χ1v) is 11.1. The molecule has 0 atom stereocenters. The van der Waals surface area contributed by atoms with E-state index in [0.29, 0.717) is 27.7 Å². The van der Waals surface area contributed by atoms with Crippen LogP contribution in [0.5, 0.6) is 5.75 Å². The van der Waals surface area contributed by atoms with E-state index in [1.54, 1.807) is 37.3 Å². The van der Waals surface area contributed by atoms with E-state index >= 15 is 0 Å². The monoisotopic (exact) mass is 464 g/mol. The van der Waals surface area contributed by atoms with Crippen LogP contribution in [-0.2, 0) is 11.3 Å². The number of rotatable bonds is 5. The minimum atomic E-state index is -0.226. The molecular weight excluding hydrogens is 444 g/mol. The van der Waals surface area contributed by atoms with Crippen LogP contribution >= 0.6 is 23.4 Å². The number of fused-ring (bicyclic) bond motifs is 1. The van der Waals surface area contributed by atoms with Gasteiger partial charge in [0.15, 0.2) is 0 Å². The standard InChI is InChI=1S/C25H21ClN2O3S/c1-28-21-14-17(24(29)27-15-18-7-3-4-9-20(18)26)10-11-22(21)32-23(25(28)30)13-16-6-5-8-19(12-16)31-2/h3-14H,15H2,1-2H3,(H,27,29). The van der Waals surface area contributed by atoms with E-state index in [1.807, 2.05) is 54.6 Å². The number of hydrogen-bond acceptors (Lipinski definition) is 4. The summed E-state index contributed by atoms with van der Waals surface area (Å²) in [5.74, 6) is 0.379. The third-order valence-corrected chi connectivity index (χ3v) is 6.55. The zero-order valence-corrected chi connectivity index (χ0v) is 19.2. The number of amides is 2. The number of anilines is 1. The van der Waals surface area contributed by atoms with Gasteiger partial charge in [0.05, 0.1) is 17.7 Å². The molecule has 0 aromatic heterocycles. The van der Waals surface area contributed by atoms with Crippen molar-refractivity contribution < 1.29 is 14.3 Å². The number of likely N-dealkylation sites (N-methyl/N-ethyl adjacent to an activating group) is 1. The first kappa shape index (κ1) is 22.0. The molecule has 4 rings (SSSR count). The van der Waals surface area contributed by atoms with Crippen molar-refractivity contribution in [2.45, 2.75) is 11.4 Å². The molecular formula is C25H21ClN2O3S. The van der Waals surface area contributed by atoms with Crippen LogP contribution in [0.4, 0.5) is 5.69 Å². The highest BCUT2D eigenvalue weighted by Crippen LogP contribution is 2.42. The van der Waals surface area contributed by atoms with Crippen LogP contribution in [0.15, 0.2) is 76.5 Å². The molecule has 0 saturated heterocycles. The summed E-state index contributed by atoms with van der Waals surface area (Å²) in [5, 5.41) is 3.49. The Morgan fingerprint density at radius 1 is 1.12 bits per heavy atom. The van der Waals surface area contributed by atoms with Gasteiger partial charge in [-0.2, -0.15) is 0 Å². The molecule has 5 nitrogen and oxygen atoms in total. The van der Waals surface area contributed by atoms with Gasteiger partial charge in [0, 0.05) is 29.1 Å². The molecule has 0 fully saturated rings.